The first kappa shape index (κ1) is 28.8. The van der Waals surface area contributed by atoms with E-state index in [1.165, 1.54) is 38.2 Å². The second kappa shape index (κ2) is 11.3. The minimum Gasteiger partial charge on any atom is -0.496 e. The van der Waals surface area contributed by atoms with Crippen LogP contribution in [0.15, 0.2) is 42.6 Å². The van der Waals surface area contributed by atoms with E-state index in [1.807, 2.05) is 11.8 Å². The van der Waals surface area contributed by atoms with E-state index in [4.69, 9.17) is 4.74 Å². The molecule has 0 N–H and O–H groups in total. The highest BCUT2D eigenvalue weighted by Crippen LogP contribution is 2.32. The average Bonchev–Trinajstić information content (AvgIpc) is 3.20. The smallest absolute Gasteiger partial charge is 0.294 e. The van der Waals surface area contributed by atoms with Gasteiger partial charge in [-0.25, -0.2) is 4.39 Å². The zero-order valence-corrected chi connectivity index (χ0v) is 22.1. The molecule has 1 aliphatic heterocycles. The van der Waals surface area contributed by atoms with E-state index in [1.54, 1.807) is 42.1 Å². The van der Waals surface area contributed by atoms with E-state index in [0.29, 0.717) is 41.9 Å². The second-order valence-corrected chi connectivity index (χ2v) is 9.96. The van der Waals surface area contributed by atoms with Crippen LogP contribution in [0.3, 0.4) is 0 Å². The van der Waals surface area contributed by atoms with Crippen LogP contribution in [0.2, 0.25) is 0 Å². The molecule has 4 rings (SSSR count). The molecule has 0 aliphatic carbocycles. The third kappa shape index (κ3) is 5.43. The Morgan fingerprint density at radius 3 is 2.29 bits per heavy atom. The predicted molar refractivity (Wildman–Crippen MR) is 146 cm³/mol. The standard InChI is InChI=1S/C28H33FN4O4.CH4/c1-17-14-33(18(2)13-32(17)15-19-7-9-20(29)10-8-19)27(35)22-11-21-23(26(34)28(36)30(3)4)16-31(5)24(21)12-25(22)37-6;/h7-12,16-18H,13-15H2,1-6H3;1H4/t17-,18+;/m0./s1. The topological polar surface area (TPSA) is 75.1 Å². The van der Waals surface area contributed by atoms with Crippen molar-refractivity contribution in [2.24, 2.45) is 7.05 Å². The SMILES string of the molecule is C.COc1cc2c(cc1C(=O)N1C[C@H](C)N(Cc3ccc(F)cc3)C[C@H]1C)c(C(=O)C(=O)N(C)C)cn2C. The van der Waals surface area contributed by atoms with Crippen molar-refractivity contribution in [2.45, 2.75) is 39.9 Å². The number of hydrogen-bond donors (Lipinski definition) is 0. The van der Waals surface area contributed by atoms with Crippen molar-refractivity contribution in [1.29, 1.82) is 0 Å². The number of piperazine rings is 1. The van der Waals surface area contributed by atoms with Crippen molar-refractivity contribution < 1.29 is 23.5 Å². The molecule has 2 aromatic carbocycles. The van der Waals surface area contributed by atoms with E-state index >= 15 is 0 Å². The Kier molecular flexibility index (Phi) is 8.61. The van der Waals surface area contributed by atoms with Gasteiger partial charge in [0.1, 0.15) is 11.6 Å². The molecule has 3 aromatic rings. The summed E-state index contributed by atoms with van der Waals surface area (Å²) in [6.07, 6.45) is 1.61. The van der Waals surface area contributed by atoms with E-state index in [-0.39, 0.29) is 36.8 Å². The molecular formula is C29H37FN4O4. The fourth-order valence-electron chi connectivity index (χ4n) is 4.93. The Labute approximate surface area is 223 Å². The third-order valence-corrected chi connectivity index (χ3v) is 7.06. The van der Waals surface area contributed by atoms with E-state index in [9.17, 15) is 18.8 Å². The number of rotatable bonds is 6. The molecule has 0 saturated carbocycles. The molecule has 8 nitrogen and oxygen atoms in total. The Hall–Kier alpha value is -3.72. The maximum atomic E-state index is 13.8. The van der Waals surface area contributed by atoms with Gasteiger partial charge in [-0.2, -0.15) is 0 Å². The molecule has 0 radical (unpaired) electrons. The first-order valence-corrected chi connectivity index (χ1v) is 12.2. The van der Waals surface area contributed by atoms with Crippen LogP contribution in [0.5, 0.6) is 5.75 Å². The number of likely N-dealkylation sites (N-methyl/N-ethyl adjacent to an activating group) is 1. The number of aromatic nitrogens is 1. The molecular weight excluding hydrogens is 487 g/mol. The lowest BCUT2D eigenvalue weighted by atomic mass is 10.0. The van der Waals surface area contributed by atoms with E-state index < -0.39 is 11.7 Å². The van der Waals surface area contributed by atoms with Gasteiger partial charge in [0.25, 0.3) is 17.6 Å². The molecule has 0 unspecified atom stereocenters. The normalized spacial score (nSPS) is 17.7. The number of carbonyl (C=O) groups excluding carboxylic acids is 3. The van der Waals surface area contributed by atoms with Gasteiger partial charge in [0, 0.05) is 70.5 Å². The Bertz CT molecular complexity index is 1350. The molecule has 1 fully saturated rings. The van der Waals surface area contributed by atoms with Gasteiger partial charge in [-0.1, -0.05) is 19.6 Å². The maximum absolute atomic E-state index is 13.8. The first-order valence-electron chi connectivity index (χ1n) is 12.2. The fourth-order valence-corrected chi connectivity index (χ4v) is 4.93. The predicted octanol–water partition coefficient (Wildman–Crippen LogP) is 3.97. The lowest BCUT2D eigenvalue weighted by Crippen LogP contribution is -2.57. The number of carbonyl (C=O) groups is 3. The van der Waals surface area contributed by atoms with Crippen LogP contribution in [-0.4, -0.2) is 83.2 Å². The van der Waals surface area contributed by atoms with Crippen molar-refractivity contribution in [2.75, 3.05) is 34.3 Å². The third-order valence-electron chi connectivity index (χ3n) is 7.06. The molecule has 2 heterocycles. The zero-order valence-electron chi connectivity index (χ0n) is 22.1. The van der Waals surface area contributed by atoms with E-state index in [0.717, 1.165) is 5.56 Å². The quantitative estimate of drug-likeness (QED) is 0.360. The average molecular weight is 525 g/mol. The summed E-state index contributed by atoms with van der Waals surface area (Å²) >= 11 is 0. The number of aryl methyl sites for hydroxylation is 1. The highest BCUT2D eigenvalue weighted by Gasteiger charge is 2.34. The summed E-state index contributed by atoms with van der Waals surface area (Å²) in [7, 11) is 6.35. The molecule has 204 valence electrons. The number of ketones is 1. The number of nitrogens with zero attached hydrogens (tertiary/aromatic N) is 4. The molecule has 0 bridgehead atoms. The van der Waals surface area contributed by atoms with Gasteiger partial charge < -0.3 is 19.1 Å². The monoisotopic (exact) mass is 524 g/mol. The summed E-state index contributed by atoms with van der Waals surface area (Å²) in [6, 6.07) is 9.87. The van der Waals surface area contributed by atoms with Crippen molar-refractivity contribution in [3.63, 3.8) is 0 Å². The molecule has 9 heteroatoms. The summed E-state index contributed by atoms with van der Waals surface area (Å²) in [4.78, 5) is 44.5. The number of fused-ring (bicyclic) bond motifs is 1. The summed E-state index contributed by atoms with van der Waals surface area (Å²) < 4.78 is 20.6. The minimum absolute atomic E-state index is 0. The number of halogens is 1. The van der Waals surface area contributed by atoms with Gasteiger partial charge in [0.15, 0.2) is 0 Å². The van der Waals surface area contributed by atoms with Gasteiger partial charge in [0.2, 0.25) is 0 Å². The summed E-state index contributed by atoms with van der Waals surface area (Å²) in [5, 5.41) is 0.530. The summed E-state index contributed by atoms with van der Waals surface area (Å²) in [6.45, 7) is 5.89. The Morgan fingerprint density at radius 2 is 1.68 bits per heavy atom. The highest BCUT2D eigenvalue weighted by atomic mass is 19.1. The molecule has 1 aromatic heterocycles. The molecule has 2 atom stereocenters. The fraction of sp³-hybridized carbons (Fsp3) is 0.414. The number of ether oxygens (including phenoxy) is 1. The van der Waals surface area contributed by atoms with Crippen molar-refractivity contribution >= 4 is 28.5 Å². The number of benzene rings is 2. The van der Waals surface area contributed by atoms with Gasteiger partial charge in [-0.05, 0) is 37.6 Å². The van der Waals surface area contributed by atoms with Crippen LogP contribution in [0.4, 0.5) is 4.39 Å². The molecule has 0 spiro atoms. The molecule has 38 heavy (non-hydrogen) atoms. The molecule has 2 amide bonds. The minimum atomic E-state index is -0.629. The zero-order chi connectivity index (χ0) is 27.0. The Morgan fingerprint density at radius 1 is 1.03 bits per heavy atom. The lowest BCUT2D eigenvalue weighted by molar-refractivity contribution is -0.124. The van der Waals surface area contributed by atoms with Crippen molar-refractivity contribution in [1.82, 2.24) is 19.3 Å². The van der Waals surface area contributed by atoms with Crippen molar-refractivity contribution in [3.8, 4) is 5.75 Å². The number of methoxy groups -OCH3 is 1. The van der Waals surface area contributed by atoms with E-state index in [2.05, 4.69) is 11.8 Å². The molecule has 1 aliphatic rings. The first-order chi connectivity index (χ1) is 17.5. The van der Waals surface area contributed by atoms with Crippen LogP contribution in [0.1, 0.15) is 47.6 Å². The van der Waals surface area contributed by atoms with Crippen LogP contribution >= 0.6 is 0 Å². The van der Waals surface area contributed by atoms with Crippen LogP contribution in [-0.2, 0) is 18.4 Å². The van der Waals surface area contributed by atoms with Crippen LogP contribution in [0.25, 0.3) is 10.9 Å². The van der Waals surface area contributed by atoms with Gasteiger partial charge in [-0.3, -0.25) is 19.3 Å². The van der Waals surface area contributed by atoms with Gasteiger partial charge in [-0.15, -0.1) is 0 Å². The highest BCUT2D eigenvalue weighted by molar-refractivity contribution is 6.44. The number of Topliss-reactive ketones (excluding diaryl/α,β-unsaturated/α-hetero) is 1. The lowest BCUT2D eigenvalue weighted by Gasteiger charge is -2.44. The largest absolute Gasteiger partial charge is 0.496 e. The van der Waals surface area contributed by atoms with Crippen LogP contribution in [0, 0.1) is 5.82 Å². The van der Waals surface area contributed by atoms with Gasteiger partial charge >= 0.3 is 0 Å². The molecule has 1 saturated heterocycles. The maximum Gasteiger partial charge on any atom is 0.294 e. The summed E-state index contributed by atoms with van der Waals surface area (Å²) in [5.74, 6) is -1.31. The van der Waals surface area contributed by atoms with Crippen LogP contribution < -0.4 is 4.74 Å². The number of hydrogen-bond acceptors (Lipinski definition) is 5. The van der Waals surface area contributed by atoms with Gasteiger partial charge in [0.05, 0.1) is 23.8 Å². The van der Waals surface area contributed by atoms with Crippen molar-refractivity contribution in [3.05, 3.63) is 65.1 Å². The summed E-state index contributed by atoms with van der Waals surface area (Å²) in [5.41, 5.74) is 2.30. The number of amides is 2. The Balaban J connectivity index is 0.00000400. The second-order valence-electron chi connectivity index (χ2n) is 9.96.